The van der Waals surface area contributed by atoms with Crippen molar-refractivity contribution in [3.63, 3.8) is 0 Å². The first kappa shape index (κ1) is 14.0. The van der Waals surface area contributed by atoms with Crippen LogP contribution < -0.4 is 15.8 Å². The van der Waals surface area contributed by atoms with Crippen molar-refractivity contribution < 1.29 is 4.74 Å². The number of halogens is 2. The fraction of sp³-hybridized carbons (Fsp3) is 0.455. The zero-order valence-electron chi connectivity index (χ0n) is 9.22. The third-order valence-corrected chi connectivity index (χ3v) is 3.18. The predicted octanol–water partition coefficient (Wildman–Crippen LogP) is 2.66. The molecule has 0 saturated carbocycles. The smallest absolute Gasteiger partial charge is 0.147 e. The molecule has 3 N–H and O–H groups in total. The minimum absolute atomic E-state index is 0.652. The standard InChI is InChI=1S/C11H16Br2N2O/c1-2-16-11-9(12)5-8(6-10(11)13)7-15-4-3-14/h5-6,15H,2-4,7,14H2,1H3. The molecule has 1 rings (SSSR count). The lowest BCUT2D eigenvalue weighted by molar-refractivity contribution is 0.336. The minimum Gasteiger partial charge on any atom is -0.492 e. The van der Waals surface area contributed by atoms with Gasteiger partial charge in [0.1, 0.15) is 5.75 Å². The van der Waals surface area contributed by atoms with Crippen molar-refractivity contribution in [2.24, 2.45) is 5.73 Å². The van der Waals surface area contributed by atoms with E-state index in [4.69, 9.17) is 10.5 Å². The number of hydrogen-bond acceptors (Lipinski definition) is 3. The van der Waals surface area contributed by atoms with Crippen LogP contribution in [-0.2, 0) is 6.54 Å². The Balaban J connectivity index is 2.75. The van der Waals surface area contributed by atoms with Gasteiger partial charge in [-0.1, -0.05) is 0 Å². The van der Waals surface area contributed by atoms with Crippen LogP contribution in [-0.4, -0.2) is 19.7 Å². The second-order valence-corrected chi connectivity index (χ2v) is 5.00. The van der Waals surface area contributed by atoms with Gasteiger partial charge in [0.2, 0.25) is 0 Å². The molecule has 0 unspecified atom stereocenters. The third-order valence-electron chi connectivity index (χ3n) is 2.00. The largest absolute Gasteiger partial charge is 0.492 e. The zero-order valence-corrected chi connectivity index (χ0v) is 12.4. The van der Waals surface area contributed by atoms with Crippen LogP contribution >= 0.6 is 31.9 Å². The van der Waals surface area contributed by atoms with Crippen molar-refractivity contribution in [1.82, 2.24) is 5.32 Å². The van der Waals surface area contributed by atoms with E-state index in [1.807, 2.05) is 6.92 Å². The molecule has 3 nitrogen and oxygen atoms in total. The van der Waals surface area contributed by atoms with E-state index in [0.29, 0.717) is 13.2 Å². The van der Waals surface area contributed by atoms with Gasteiger partial charge in [-0.3, -0.25) is 0 Å². The number of nitrogens with two attached hydrogens (primary N) is 1. The van der Waals surface area contributed by atoms with Gasteiger partial charge in [0.05, 0.1) is 15.6 Å². The fourth-order valence-electron chi connectivity index (χ4n) is 1.33. The lowest BCUT2D eigenvalue weighted by atomic mass is 10.2. The SMILES string of the molecule is CCOc1c(Br)cc(CNCCN)cc1Br. The molecule has 90 valence electrons. The molecule has 0 aliphatic heterocycles. The molecule has 0 aliphatic carbocycles. The Morgan fingerprint density at radius 2 is 1.94 bits per heavy atom. The quantitative estimate of drug-likeness (QED) is 0.774. The van der Waals surface area contributed by atoms with Gasteiger partial charge in [-0.05, 0) is 56.5 Å². The molecule has 0 saturated heterocycles. The number of ether oxygens (including phenoxy) is 1. The van der Waals surface area contributed by atoms with Crippen LogP contribution in [0.3, 0.4) is 0 Å². The third kappa shape index (κ3) is 4.05. The summed E-state index contributed by atoms with van der Waals surface area (Å²) in [6, 6.07) is 4.11. The van der Waals surface area contributed by atoms with E-state index in [0.717, 1.165) is 27.8 Å². The highest BCUT2D eigenvalue weighted by atomic mass is 79.9. The van der Waals surface area contributed by atoms with Crippen molar-refractivity contribution in [2.45, 2.75) is 13.5 Å². The Kier molecular flexibility index (Phi) is 6.34. The molecule has 0 amide bonds. The van der Waals surface area contributed by atoms with Crippen molar-refractivity contribution in [3.05, 3.63) is 26.6 Å². The van der Waals surface area contributed by atoms with Crippen LogP contribution in [0.2, 0.25) is 0 Å². The molecule has 5 heteroatoms. The van der Waals surface area contributed by atoms with Gasteiger partial charge in [-0.2, -0.15) is 0 Å². The van der Waals surface area contributed by atoms with Crippen LogP contribution in [0.1, 0.15) is 12.5 Å². The van der Waals surface area contributed by atoms with Gasteiger partial charge in [-0.25, -0.2) is 0 Å². The van der Waals surface area contributed by atoms with Crippen molar-refractivity contribution >= 4 is 31.9 Å². The van der Waals surface area contributed by atoms with Gasteiger partial charge < -0.3 is 15.8 Å². The van der Waals surface area contributed by atoms with Crippen molar-refractivity contribution in [2.75, 3.05) is 19.7 Å². The van der Waals surface area contributed by atoms with E-state index in [1.165, 1.54) is 5.56 Å². The summed E-state index contributed by atoms with van der Waals surface area (Å²) >= 11 is 7.00. The van der Waals surface area contributed by atoms with E-state index < -0.39 is 0 Å². The Morgan fingerprint density at radius 1 is 1.31 bits per heavy atom. The summed E-state index contributed by atoms with van der Waals surface area (Å²) in [4.78, 5) is 0. The Morgan fingerprint density at radius 3 is 2.44 bits per heavy atom. The molecule has 0 atom stereocenters. The zero-order chi connectivity index (χ0) is 12.0. The molecule has 1 aromatic rings. The maximum absolute atomic E-state index is 5.51. The van der Waals surface area contributed by atoms with Gasteiger partial charge in [0, 0.05) is 19.6 Å². The number of rotatable bonds is 6. The number of benzene rings is 1. The molecule has 0 radical (unpaired) electrons. The summed E-state index contributed by atoms with van der Waals surface area (Å²) < 4.78 is 7.45. The molecule has 0 aromatic heterocycles. The molecule has 0 spiro atoms. The maximum atomic E-state index is 5.51. The summed E-state index contributed by atoms with van der Waals surface area (Å²) in [6.45, 7) is 4.90. The van der Waals surface area contributed by atoms with E-state index in [-0.39, 0.29) is 0 Å². The molecule has 0 heterocycles. The van der Waals surface area contributed by atoms with E-state index in [2.05, 4.69) is 49.3 Å². The Labute approximate surface area is 113 Å². The van der Waals surface area contributed by atoms with Gasteiger partial charge in [0.15, 0.2) is 0 Å². The molecule has 16 heavy (non-hydrogen) atoms. The summed E-state index contributed by atoms with van der Waals surface area (Å²) in [6.07, 6.45) is 0. The molecule has 0 bridgehead atoms. The highest BCUT2D eigenvalue weighted by molar-refractivity contribution is 9.11. The summed E-state index contributed by atoms with van der Waals surface area (Å²) in [7, 11) is 0. The van der Waals surface area contributed by atoms with Gasteiger partial charge in [-0.15, -0.1) is 0 Å². The normalized spacial score (nSPS) is 10.5. The molecule has 1 aromatic carbocycles. The summed E-state index contributed by atoms with van der Waals surface area (Å²) in [5.74, 6) is 0.852. The van der Waals surface area contributed by atoms with Crippen LogP contribution in [0, 0.1) is 0 Å². The lowest BCUT2D eigenvalue weighted by Gasteiger charge is -2.11. The first-order valence-corrected chi connectivity index (χ1v) is 6.79. The average Bonchev–Trinajstić information content (AvgIpc) is 2.24. The Hall–Kier alpha value is -0.100. The second kappa shape index (κ2) is 7.27. The lowest BCUT2D eigenvalue weighted by Crippen LogP contribution is -2.21. The highest BCUT2D eigenvalue weighted by Crippen LogP contribution is 2.34. The molecular weight excluding hydrogens is 336 g/mol. The van der Waals surface area contributed by atoms with Gasteiger partial charge >= 0.3 is 0 Å². The number of nitrogens with one attached hydrogen (secondary N) is 1. The monoisotopic (exact) mass is 350 g/mol. The Bertz CT molecular complexity index is 322. The van der Waals surface area contributed by atoms with E-state index in [9.17, 15) is 0 Å². The predicted molar refractivity (Wildman–Crippen MR) is 73.8 cm³/mol. The van der Waals surface area contributed by atoms with Crippen LogP contribution in [0.5, 0.6) is 5.75 Å². The molecule has 0 aliphatic rings. The second-order valence-electron chi connectivity index (χ2n) is 3.29. The van der Waals surface area contributed by atoms with Crippen molar-refractivity contribution in [3.8, 4) is 5.75 Å². The minimum atomic E-state index is 0.652. The fourth-order valence-corrected chi connectivity index (χ4v) is 2.84. The summed E-state index contributed by atoms with van der Waals surface area (Å²) in [5, 5.41) is 3.25. The molecular formula is C11H16Br2N2O. The van der Waals surface area contributed by atoms with Crippen LogP contribution in [0.15, 0.2) is 21.1 Å². The maximum Gasteiger partial charge on any atom is 0.147 e. The van der Waals surface area contributed by atoms with Crippen LogP contribution in [0.4, 0.5) is 0 Å². The van der Waals surface area contributed by atoms with E-state index in [1.54, 1.807) is 0 Å². The first-order valence-electron chi connectivity index (χ1n) is 5.20. The number of hydrogen-bond donors (Lipinski definition) is 2. The highest BCUT2D eigenvalue weighted by Gasteiger charge is 2.08. The molecule has 0 fully saturated rings. The van der Waals surface area contributed by atoms with E-state index >= 15 is 0 Å². The van der Waals surface area contributed by atoms with Crippen LogP contribution in [0.25, 0.3) is 0 Å². The average molecular weight is 352 g/mol. The van der Waals surface area contributed by atoms with Crippen molar-refractivity contribution in [1.29, 1.82) is 0 Å². The first-order chi connectivity index (χ1) is 7.69. The summed E-state index contributed by atoms with van der Waals surface area (Å²) in [5.41, 5.74) is 6.61. The van der Waals surface area contributed by atoms with Gasteiger partial charge in [0.25, 0.3) is 0 Å². The topological polar surface area (TPSA) is 47.3 Å².